The lowest BCUT2D eigenvalue weighted by atomic mass is 10.1. The third kappa shape index (κ3) is 3.87. The van der Waals surface area contributed by atoms with Crippen LogP contribution in [-0.4, -0.2) is 57.4 Å². The molecule has 0 atom stereocenters. The number of anilines is 1. The molecule has 170 valence electrons. The van der Waals surface area contributed by atoms with Crippen molar-refractivity contribution in [1.82, 2.24) is 30.5 Å². The molecule has 1 aliphatic heterocycles. The van der Waals surface area contributed by atoms with Gasteiger partial charge in [-0.3, -0.25) is 14.9 Å². The summed E-state index contributed by atoms with van der Waals surface area (Å²) in [6.45, 7) is 3.29. The molecule has 5 aromatic rings. The zero-order valence-corrected chi connectivity index (χ0v) is 19.0. The number of hydrogen-bond acceptors (Lipinski definition) is 8. The van der Waals surface area contributed by atoms with Crippen LogP contribution in [0.25, 0.3) is 32.5 Å². The lowest BCUT2D eigenvalue weighted by molar-refractivity contribution is 0.0951. The SMILES string of the molecule is O=C(NCc1cc2nc(-c3cccc4[nH]ncc34)nc(N3CCOCC3)c2s1)c1ccncc1. The van der Waals surface area contributed by atoms with E-state index in [1.54, 1.807) is 42.1 Å². The van der Waals surface area contributed by atoms with Crippen molar-refractivity contribution in [3.05, 3.63) is 65.4 Å². The molecular formula is C24H21N7O2S. The van der Waals surface area contributed by atoms with E-state index in [-0.39, 0.29) is 5.91 Å². The average molecular weight is 472 g/mol. The van der Waals surface area contributed by atoms with E-state index >= 15 is 0 Å². The third-order valence-corrected chi connectivity index (χ3v) is 6.93. The number of hydrogen-bond donors (Lipinski definition) is 2. The number of aromatic amines is 1. The van der Waals surface area contributed by atoms with Crippen molar-refractivity contribution in [3.8, 4) is 11.4 Å². The predicted octanol–water partition coefficient (Wildman–Crippen LogP) is 3.40. The van der Waals surface area contributed by atoms with Gasteiger partial charge in [0.25, 0.3) is 5.91 Å². The van der Waals surface area contributed by atoms with E-state index in [1.807, 2.05) is 24.3 Å². The van der Waals surface area contributed by atoms with E-state index in [9.17, 15) is 4.79 Å². The van der Waals surface area contributed by atoms with Crippen LogP contribution in [0.3, 0.4) is 0 Å². The summed E-state index contributed by atoms with van der Waals surface area (Å²) in [7, 11) is 0. The van der Waals surface area contributed by atoms with Gasteiger partial charge in [-0.25, -0.2) is 9.97 Å². The summed E-state index contributed by atoms with van der Waals surface area (Å²) >= 11 is 1.61. The summed E-state index contributed by atoms with van der Waals surface area (Å²) in [6, 6.07) is 11.4. The molecule has 4 aromatic heterocycles. The topological polar surface area (TPSA) is 109 Å². The van der Waals surface area contributed by atoms with E-state index in [2.05, 4.69) is 25.4 Å². The van der Waals surface area contributed by atoms with Crippen LogP contribution in [-0.2, 0) is 11.3 Å². The van der Waals surface area contributed by atoms with E-state index in [4.69, 9.17) is 14.7 Å². The van der Waals surface area contributed by atoms with Crippen LogP contribution >= 0.6 is 11.3 Å². The number of carbonyl (C=O) groups excluding carboxylic acids is 1. The van der Waals surface area contributed by atoms with Crippen LogP contribution in [0.4, 0.5) is 5.82 Å². The number of nitrogens with zero attached hydrogens (tertiary/aromatic N) is 5. The fourth-order valence-electron chi connectivity index (χ4n) is 4.10. The molecule has 10 heteroatoms. The second kappa shape index (κ2) is 8.81. The van der Waals surface area contributed by atoms with Crippen LogP contribution < -0.4 is 10.2 Å². The van der Waals surface area contributed by atoms with E-state index < -0.39 is 0 Å². The molecule has 0 bridgehead atoms. The number of fused-ring (bicyclic) bond motifs is 2. The molecule has 0 unspecified atom stereocenters. The molecule has 9 nitrogen and oxygen atoms in total. The van der Waals surface area contributed by atoms with Crippen LogP contribution in [0.5, 0.6) is 0 Å². The van der Waals surface area contributed by atoms with Crippen molar-refractivity contribution in [1.29, 1.82) is 0 Å². The van der Waals surface area contributed by atoms with Crippen molar-refractivity contribution < 1.29 is 9.53 Å². The normalized spacial score (nSPS) is 14.1. The summed E-state index contributed by atoms with van der Waals surface area (Å²) in [6.07, 6.45) is 5.03. The Morgan fingerprint density at radius 3 is 2.85 bits per heavy atom. The Balaban J connectivity index is 1.39. The monoisotopic (exact) mass is 471 g/mol. The van der Waals surface area contributed by atoms with Crippen LogP contribution in [0, 0.1) is 0 Å². The van der Waals surface area contributed by atoms with E-state index in [1.165, 1.54) is 0 Å². The first-order valence-corrected chi connectivity index (χ1v) is 11.8. The predicted molar refractivity (Wildman–Crippen MR) is 131 cm³/mol. The largest absolute Gasteiger partial charge is 0.378 e. The molecule has 0 radical (unpaired) electrons. The zero-order chi connectivity index (χ0) is 22.9. The highest BCUT2D eigenvalue weighted by Crippen LogP contribution is 2.35. The van der Waals surface area contributed by atoms with E-state index in [0.717, 1.165) is 50.5 Å². The van der Waals surface area contributed by atoms with Crippen molar-refractivity contribution in [2.75, 3.05) is 31.2 Å². The standard InChI is InChI=1S/C24H21N7O2S/c32-24(15-4-6-25-7-5-15)26-13-16-12-20-21(34-16)23(31-8-10-33-11-9-31)29-22(28-20)17-2-1-3-19-18(17)14-27-30-19/h1-7,12,14H,8-11,13H2,(H,26,32)(H,27,30). The Morgan fingerprint density at radius 1 is 1.15 bits per heavy atom. The first-order valence-electron chi connectivity index (χ1n) is 11.0. The maximum absolute atomic E-state index is 12.5. The van der Waals surface area contributed by atoms with Gasteiger partial charge in [-0.2, -0.15) is 5.10 Å². The molecule has 6 rings (SSSR count). The quantitative estimate of drug-likeness (QED) is 0.404. The number of aromatic nitrogens is 5. The van der Waals surface area contributed by atoms with E-state index in [0.29, 0.717) is 31.1 Å². The number of amides is 1. The van der Waals surface area contributed by atoms with Crippen LogP contribution in [0.15, 0.2) is 55.0 Å². The number of benzene rings is 1. The number of thiophene rings is 1. The number of H-pyrrole nitrogens is 1. The Morgan fingerprint density at radius 2 is 2.00 bits per heavy atom. The van der Waals surface area contributed by atoms with Gasteiger partial charge < -0.3 is 15.0 Å². The van der Waals surface area contributed by atoms with Gasteiger partial charge in [0.2, 0.25) is 0 Å². The number of morpholine rings is 1. The molecule has 0 spiro atoms. The minimum atomic E-state index is -0.133. The minimum Gasteiger partial charge on any atom is -0.378 e. The Kier molecular flexibility index (Phi) is 5.36. The number of carbonyl (C=O) groups is 1. The second-order valence-electron chi connectivity index (χ2n) is 7.95. The first kappa shape index (κ1) is 20.7. The fraction of sp³-hybridized carbons (Fsp3) is 0.208. The molecule has 34 heavy (non-hydrogen) atoms. The number of pyridine rings is 1. The molecule has 0 aliphatic carbocycles. The van der Waals surface area contributed by atoms with Gasteiger partial charge in [-0.05, 0) is 24.3 Å². The third-order valence-electron chi connectivity index (χ3n) is 5.81. The number of ether oxygens (including phenoxy) is 1. The molecule has 2 N–H and O–H groups in total. The average Bonchev–Trinajstić information content (AvgIpc) is 3.54. The van der Waals surface area contributed by atoms with Gasteiger partial charge in [-0.1, -0.05) is 12.1 Å². The van der Waals surface area contributed by atoms with Crippen LogP contribution in [0.1, 0.15) is 15.2 Å². The number of rotatable bonds is 5. The summed E-state index contributed by atoms with van der Waals surface area (Å²) in [5.41, 5.74) is 3.32. The van der Waals surface area contributed by atoms with Crippen molar-refractivity contribution in [2.24, 2.45) is 0 Å². The molecule has 0 saturated carbocycles. The molecule has 5 heterocycles. The summed E-state index contributed by atoms with van der Waals surface area (Å²) in [4.78, 5) is 29.7. The van der Waals surface area contributed by atoms with Gasteiger partial charge in [0, 0.05) is 46.9 Å². The Labute approximate surface area is 198 Å². The molecular weight excluding hydrogens is 450 g/mol. The van der Waals surface area contributed by atoms with Crippen molar-refractivity contribution in [2.45, 2.75) is 6.54 Å². The first-order chi connectivity index (χ1) is 16.8. The van der Waals surface area contributed by atoms with Gasteiger partial charge in [0.15, 0.2) is 11.6 Å². The van der Waals surface area contributed by atoms with Gasteiger partial charge in [0.05, 0.1) is 41.7 Å². The summed E-state index contributed by atoms with van der Waals surface area (Å²) in [5, 5.41) is 11.2. The van der Waals surface area contributed by atoms with Crippen LogP contribution in [0.2, 0.25) is 0 Å². The molecule has 1 amide bonds. The maximum atomic E-state index is 12.5. The minimum absolute atomic E-state index is 0.133. The number of nitrogens with one attached hydrogen (secondary N) is 2. The van der Waals surface area contributed by atoms with Gasteiger partial charge in [0.1, 0.15) is 0 Å². The zero-order valence-electron chi connectivity index (χ0n) is 18.2. The molecule has 1 aliphatic rings. The summed E-state index contributed by atoms with van der Waals surface area (Å²) in [5.74, 6) is 1.43. The Hall–Kier alpha value is -3.89. The van der Waals surface area contributed by atoms with Gasteiger partial charge >= 0.3 is 0 Å². The highest BCUT2D eigenvalue weighted by molar-refractivity contribution is 7.19. The fourth-order valence-corrected chi connectivity index (χ4v) is 5.15. The smallest absolute Gasteiger partial charge is 0.251 e. The second-order valence-corrected chi connectivity index (χ2v) is 9.09. The highest BCUT2D eigenvalue weighted by atomic mass is 32.1. The van der Waals surface area contributed by atoms with Gasteiger partial charge in [-0.15, -0.1) is 11.3 Å². The molecule has 1 aromatic carbocycles. The lowest BCUT2D eigenvalue weighted by Crippen LogP contribution is -2.36. The highest BCUT2D eigenvalue weighted by Gasteiger charge is 2.21. The lowest BCUT2D eigenvalue weighted by Gasteiger charge is -2.28. The Bertz CT molecular complexity index is 1480. The molecule has 1 saturated heterocycles. The molecule has 1 fully saturated rings. The maximum Gasteiger partial charge on any atom is 0.251 e. The van der Waals surface area contributed by atoms with Crippen molar-refractivity contribution in [3.63, 3.8) is 0 Å². The summed E-state index contributed by atoms with van der Waals surface area (Å²) < 4.78 is 6.57. The van der Waals surface area contributed by atoms with Crippen molar-refractivity contribution >= 4 is 44.2 Å².